The lowest BCUT2D eigenvalue weighted by Crippen LogP contribution is -2.04. The molecule has 0 heterocycles. The molecule has 0 saturated carbocycles. The lowest BCUT2D eigenvalue weighted by atomic mass is 10.2. The SMILES string of the molecule is CCOc1cc(CNc2cc(Cl)ccc2Cl)c(Br)cc1OCc1ccccc1Cl. The standard InChI is InChI=1S/C22H19BrCl3NO2/c1-2-28-21-9-15(12-27-20-10-16(24)7-8-19(20)26)17(23)11-22(21)29-13-14-5-3-4-6-18(14)25/h3-11,27H,2,12-13H2,1H3. The zero-order chi connectivity index (χ0) is 20.8. The van der Waals surface area contributed by atoms with Gasteiger partial charge < -0.3 is 14.8 Å². The van der Waals surface area contributed by atoms with Gasteiger partial charge in [-0.3, -0.25) is 0 Å². The number of halogens is 4. The molecule has 152 valence electrons. The van der Waals surface area contributed by atoms with E-state index in [0.717, 1.165) is 21.3 Å². The Kier molecular flexibility index (Phi) is 7.96. The largest absolute Gasteiger partial charge is 0.490 e. The van der Waals surface area contributed by atoms with Crippen molar-refractivity contribution in [3.05, 3.63) is 85.3 Å². The molecular formula is C22H19BrCl3NO2. The summed E-state index contributed by atoms with van der Waals surface area (Å²) in [6.45, 7) is 3.34. The van der Waals surface area contributed by atoms with Crippen molar-refractivity contribution in [3.8, 4) is 11.5 Å². The summed E-state index contributed by atoms with van der Waals surface area (Å²) in [5.41, 5.74) is 2.67. The Bertz CT molecular complexity index is 998. The molecule has 3 rings (SSSR count). The van der Waals surface area contributed by atoms with Gasteiger partial charge >= 0.3 is 0 Å². The molecule has 1 N–H and O–H groups in total. The van der Waals surface area contributed by atoms with E-state index in [2.05, 4.69) is 21.2 Å². The van der Waals surface area contributed by atoms with Crippen molar-refractivity contribution in [1.82, 2.24) is 0 Å². The predicted molar refractivity (Wildman–Crippen MR) is 125 cm³/mol. The number of ether oxygens (including phenoxy) is 2. The van der Waals surface area contributed by atoms with Crippen LogP contribution in [0.2, 0.25) is 15.1 Å². The molecule has 3 nitrogen and oxygen atoms in total. The summed E-state index contributed by atoms with van der Waals surface area (Å²) in [6, 6.07) is 16.8. The number of benzene rings is 3. The van der Waals surface area contributed by atoms with Crippen LogP contribution in [0.5, 0.6) is 11.5 Å². The van der Waals surface area contributed by atoms with Gasteiger partial charge in [0.05, 0.1) is 17.3 Å². The minimum absolute atomic E-state index is 0.349. The van der Waals surface area contributed by atoms with Crippen molar-refractivity contribution in [2.75, 3.05) is 11.9 Å². The zero-order valence-electron chi connectivity index (χ0n) is 15.6. The van der Waals surface area contributed by atoms with Gasteiger partial charge in [-0.15, -0.1) is 0 Å². The number of nitrogens with one attached hydrogen (secondary N) is 1. The molecule has 0 amide bonds. The quantitative estimate of drug-likeness (QED) is 0.330. The van der Waals surface area contributed by atoms with Crippen LogP contribution >= 0.6 is 50.7 Å². The van der Waals surface area contributed by atoms with Gasteiger partial charge in [0.25, 0.3) is 0 Å². The fourth-order valence-corrected chi connectivity index (χ4v) is 3.70. The molecule has 0 aromatic heterocycles. The van der Waals surface area contributed by atoms with Gasteiger partial charge in [0.1, 0.15) is 6.61 Å². The second-order valence-electron chi connectivity index (χ2n) is 6.18. The Hall–Kier alpha value is -1.59. The number of hydrogen-bond acceptors (Lipinski definition) is 3. The Morgan fingerprint density at radius 3 is 2.38 bits per heavy atom. The summed E-state index contributed by atoms with van der Waals surface area (Å²) in [5, 5.41) is 5.20. The van der Waals surface area contributed by atoms with E-state index >= 15 is 0 Å². The van der Waals surface area contributed by atoms with E-state index in [9.17, 15) is 0 Å². The zero-order valence-corrected chi connectivity index (χ0v) is 19.5. The normalized spacial score (nSPS) is 10.7. The Morgan fingerprint density at radius 1 is 0.862 bits per heavy atom. The van der Waals surface area contributed by atoms with Crippen LogP contribution in [0.25, 0.3) is 0 Å². The number of anilines is 1. The average Bonchev–Trinajstić information content (AvgIpc) is 2.70. The summed E-state index contributed by atoms with van der Waals surface area (Å²) in [4.78, 5) is 0. The highest BCUT2D eigenvalue weighted by Crippen LogP contribution is 2.35. The second-order valence-corrected chi connectivity index (χ2v) is 8.29. The van der Waals surface area contributed by atoms with Crippen LogP contribution < -0.4 is 14.8 Å². The Balaban J connectivity index is 1.78. The maximum absolute atomic E-state index is 6.23. The molecule has 0 atom stereocenters. The lowest BCUT2D eigenvalue weighted by Gasteiger charge is -2.16. The fraction of sp³-hybridized carbons (Fsp3) is 0.182. The van der Waals surface area contributed by atoms with Crippen LogP contribution in [-0.4, -0.2) is 6.61 Å². The van der Waals surface area contributed by atoms with Gasteiger partial charge in [0.15, 0.2) is 11.5 Å². The molecule has 0 bridgehead atoms. The molecule has 29 heavy (non-hydrogen) atoms. The maximum atomic E-state index is 6.23. The van der Waals surface area contributed by atoms with E-state index < -0.39 is 0 Å². The number of hydrogen-bond donors (Lipinski definition) is 1. The third-order valence-electron chi connectivity index (χ3n) is 4.15. The topological polar surface area (TPSA) is 30.5 Å². The van der Waals surface area contributed by atoms with Crippen molar-refractivity contribution in [1.29, 1.82) is 0 Å². The Labute approximate surface area is 194 Å². The Morgan fingerprint density at radius 2 is 1.62 bits per heavy atom. The molecule has 3 aromatic carbocycles. The molecule has 0 aliphatic rings. The summed E-state index contributed by atoms with van der Waals surface area (Å²) in [5.74, 6) is 1.31. The first-order valence-electron chi connectivity index (χ1n) is 8.98. The monoisotopic (exact) mass is 513 g/mol. The van der Waals surface area contributed by atoms with Crippen molar-refractivity contribution in [2.24, 2.45) is 0 Å². The van der Waals surface area contributed by atoms with Gasteiger partial charge in [-0.25, -0.2) is 0 Å². The molecule has 0 spiro atoms. The van der Waals surface area contributed by atoms with Crippen LogP contribution in [0.1, 0.15) is 18.1 Å². The van der Waals surface area contributed by atoms with Crippen LogP contribution in [0.3, 0.4) is 0 Å². The van der Waals surface area contributed by atoms with E-state index in [0.29, 0.717) is 46.3 Å². The molecule has 3 aromatic rings. The first kappa shape index (κ1) is 22.1. The third kappa shape index (κ3) is 5.95. The maximum Gasteiger partial charge on any atom is 0.162 e. The third-order valence-corrected chi connectivity index (χ3v) is 5.82. The summed E-state index contributed by atoms with van der Waals surface area (Å²) < 4.78 is 12.7. The molecule has 7 heteroatoms. The second kappa shape index (κ2) is 10.4. The highest BCUT2D eigenvalue weighted by molar-refractivity contribution is 9.10. The van der Waals surface area contributed by atoms with Gasteiger partial charge in [-0.1, -0.05) is 68.9 Å². The molecule has 0 radical (unpaired) electrons. The van der Waals surface area contributed by atoms with Gasteiger partial charge in [-0.2, -0.15) is 0 Å². The van der Waals surface area contributed by atoms with Gasteiger partial charge in [-0.05, 0) is 48.9 Å². The smallest absolute Gasteiger partial charge is 0.162 e. The molecule has 0 aliphatic heterocycles. The number of rotatable bonds is 8. The molecule has 0 aliphatic carbocycles. The van der Waals surface area contributed by atoms with Crippen LogP contribution in [0.4, 0.5) is 5.69 Å². The van der Waals surface area contributed by atoms with E-state index in [1.54, 1.807) is 18.2 Å². The summed E-state index contributed by atoms with van der Waals surface area (Å²) >= 11 is 22.1. The van der Waals surface area contributed by atoms with E-state index in [-0.39, 0.29) is 0 Å². The van der Waals surface area contributed by atoms with Crippen LogP contribution in [-0.2, 0) is 13.2 Å². The first-order valence-corrected chi connectivity index (χ1v) is 10.9. The minimum Gasteiger partial charge on any atom is -0.490 e. The van der Waals surface area contributed by atoms with E-state index in [4.69, 9.17) is 44.3 Å². The molecule has 0 unspecified atom stereocenters. The van der Waals surface area contributed by atoms with Crippen molar-refractivity contribution >= 4 is 56.4 Å². The highest BCUT2D eigenvalue weighted by Gasteiger charge is 2.13. The molecule has 0 saturated heterocycles. The summed E-state index contributed by atoms with van der Waals surface area (Å²) in [7, 11) is 0. The van der Waals surface area contributed by atoms with Crippen molar-refractivity contribution < 1.29 is 9.47 Å². The van der Waals surface area contributed by atoms with Crippen molar-refractivity contribution in [2.45, 2.75) is 20.1 Å². The van der Waals surface area contributed by atoms with Crippen LogP contribution in [0.15, 0.2) is 59.1 Å². The first-order chi connectivity index (χ1) is 14.0. The fourth-order valence-electron chi connectivity index (χ4n) is 2.69. The van der Waals surface area contributed by atoms with Gasteiger partial charge in [0, 0.05) is 26.6 Å². The lowest BCUT2D eigenvalue weighted by molar-refractivity contribution is 0.269. The van der Waals surface area contributed by atoms with Crippen LogP contribution in [0, 0.1) is 0 Å². The molecular weight excluding hydrogens is 497 g/mol. The highest BCUT2D eigenvalue weighted by atomic mass is 79.9. The molecule has 0 fully saturated rings. The van der Waals surface area contributed by atoms with Crippen molar-refractivity contribution in [3.63, 3.8) is 0 Å². The van der Waals surface area contributed by atoms with Gasteiger partial charge in [0.2, 0.25) is 0 Å². The van der Waals surface area contributed by atoms with E-state index in [1.165, 1.54) is 0 Å². The minimum atomic E-state index is 0.349. The average molecular weight is 516 g/mol. The van der Waals surface area contributed by atoms with E-state index in [1.807, 2.05) is 43.3 Å². The summed E-state index contributed by atoms with van der Waals surface area (Å²) in [6.07, 6.45) is 0. The predicted octanol–water partition coefficient (Wildman–Crippen LogP) is 8.00.